The number of hydrogen-bond acceptors (Lipinski definition) is 4. The van der Waals surface area contributed by atoms with E-state index in [4.69, 9.17) is 19.4 Å². The number of rotatable bonds is 6. The van der Waals surface area contributed by atoms with Gasteiger partial charge in [-0.25, -0.2) is 15.0 Å². The first kappa shape index (κ1) is 32.7. The predicted molar refractivity (Wildman–Crippen MR) is 235 cm³/mol. The molecule has 2 aromatic heterocycles. The summed E-state index contributed by atoms with van der Waals surface area (Å²) in [4.78, 5) is 15.8. The van der Waals surface area contributed by atoms with Crippen molar-refractivity contribution in [2.75, 3.05) is 0 Å². The maximum Gasteiger partial charge on any atom is 0.164 e. The standard InChI is InChI=1S/C53H33N3O/c1-3-15-34(16-4-1)41-29-30-42(44-24-10-9-23-43(41)44)37-20-13-21-38(31-37)51-54-52(39-32-36-19-7-8-22-40(36)47(33-39)35-17-5-2-6-18-35)56-53(55-51)46-26-14-28-49-50(46)45-25-11-12-27-48(45)57-49/h1-33H. The zero-order chi connectivity index (χ0) is 37.7. The number of para-hydroxylation sites is 1. The molecule has 11 aromatic rings. The Morgan fingerprint density at radius 1 is 0.281 bits per heavy atom. The molecule has 0 spiro atoms. The van der Waals surface area contributed by atoms with Gasteiger partial charge >= 0.3 is 0 Å². The predicted octanol–water partition coefficient (Wildman–Crippen LogP) is 14.1. The molecule has 0 saturated heterocycles. The zero-order valence-corrected chi connectivity index (χ0v) is 30.8. The normalized spacial score (nSPS) is 11.5. The average Bonchev–Trinajstić information content (AvgIpc) is 3.68. The highest BCUT2D eigenvalue weighted by Gasteiger charge is 2.19. The topological polar surface area (TPSA) is 51.8 Å². The van der Waals surface area contributed by atoms with Gasteiger partial charge in [0, 0.05) is 27.5 Å². The van der Waals surface area contributed by atoms with Crippen molar-refractivity contribution in [3.05, 3.63) is 200 Å². The van der Waals surface area contributed by atoms with Gasteiger partial charge in [0.25, 0.3) is 0 Å². The van der Waals surface area contributed by atoms with Crippen molar-refractivity contribution in [3.8, 4) is 67.5 Å². The van der Waals surface area contributed by atoms with E-state index in [0.717, 1.165) is 66.3 Å². The van der Waals surface area contributed by atoms with Crippen LogP contribution in [0.3, 0.4) is 0 Å². The van der Waals surface area contributed by atoms with E-state index in [1.807, 2.05) is 30.3 Å². The number of furan rings is 1. The van der Waals surface area contributed by atoms with E-state index in [2.05, 4.69) is 170 Å². The number of fused-ring (bicyclic) bond motifs is 5. The molecule has 0 fully saturated rings. The third kappa shape index (κ3) is 5.74. The Bertz CT molecular complexity index is 3300. The second-order valence-corrected chi connectivity index (χ2v) is 14.3. The minimum atomic E-state index is 0.588. The zero-order valence-electron chi connectivity index (χ0n) is 30.8. The SMILES string of the molecule is c1ccc(-c2cc(-c3nc(-c4cccc(-c5ccc(-c6ccccc6)c6ccccc56)c4)nc(-c4cccc5oc6ccccc6c45)n3)cc3ccccc23)cc1. The lowest BCUT2D eigenvalue weighted by molar-refractivity contribution is 0.669. The van der Waals surface area contributed by atoms with Gasteiger partial charge in [-0.15, -0.1) is 0 Å². The molecule has 0 aliphatic heterocycles. The average molecular weight is 728 g/mol. The third-order valence-corrected chi connectivity index (χ3v) is 10.9. The molecule has 9 aromatic carbocycles. The molecule has 2 heterocycles. The van der Waals surface area contributed by atoms with Crippen molar-refractivity contribution in [3.63, 3.8) is 0 Å². The molecular weight excluding hydrogens is 695 g/mol. The summed E-state index contributed by atoms with van der Waals surface area (Å²) in [5, 5.41) is 6.70. The Labute approximate surface area is 329 Å². The molecule has 0 bridgehead atoms. The lowest BCUT2D eigenvalue weighted by Gasteiger charge is -2.14. The lowest BCUT2D eigenvalue weighted by atomic mass is 9.91. The molecule has 0 N–H and O–H groups in total. The highest BCUT2D eigenvalue weighted by atomic mass is 16.3. The summed E-state index contributed by atoms with van der Waals surface area (Å²) in [6.45, 7) is 0. The maximum absolute atomic E-state index is 6.32. The fraction of sp³-hybridized carbons (Fsp3) is 0. The largest absolute Gasteiger partial charge is 0.456 e. The Balaban J connectivity index is 1.13. The summed E-state index contributed by atoms with van der Waals surface area (Å²) in [6, 6.07) is 69.9. The van der Waals surface area contributed by atoms with Crippen molar-refractivity contribution in [1.29, 1.82) is 0 Å². The third-order valence-electron chi connectivity index (χ3n) is 10.9. The van der Waals surface area contributed by atoms with Gasteiger partial charge < -0.3 is 4.42 Å². The number of aromatic nitrogens is 3. The minimum absolute atomic E-state index is 0.588. The van der Waals surface area contributed by atoms with Crippen LogP contribution >= 0.6 is 0 Å². The van der Waals surface area contributed by atoms with E-state index in [1.54, 1.807) is 0 Å². The van der Waals surface area contributed by atoms with Crippen LogP contribution in [0.1, 0.15) is 0 Å². The summed E-state index contributed by atoms with van der Waals surface area (Å²) in [5.41, 5.74) is 11.3. The van der Waals surface area contributed by atoms with Crippen LogP contribution in [0.4, 0.5) is 0 Å². The Hall–Kier alpha value is -7.69. The fourth-order valence-electron chi connectivity index (χ4n) is 8.26. The first-order valence-corrected chi connectivity index (χ1v) is 19.2. The lowest BCUT2D eigenvalue weighted by Crippen LogP contribution is -2.01. The molecule has 0 amide bonds. The molecule has 0 saturated carbocycles. The van der Waals surface area contributed by atoms with Crippen LogP contribution < -0.4 is 0 Å². The molecule has 0 radical (unpaired) electrons. The van der Waals surface area contributed by atoms with Crippen molar-refractivity contribution in [2.45, 2.75) is 0 Å². The monoisotopic (exact) mass is 727 g/mol. The molecule has 11 rings (SSSR count). The van der Waals surface area contributed by atoms with Gasteiger partial charge in [-0.05, 0) is 85.3 Å². The van der Waals surface area contributed by atoms with E-state index in [-0.39, 0.29) is 0 Å². The number of benzene rings is 9. The van der Waals surface area contributed by atoms with Crippen molar-refractivity contribution in [1.82, 2.24) is 15.0 Å². The molecule has 0 unspecified atom stereocenters. The van der Waals surface area contributed by atoms with Gasteiger partial charge in [0.1, 0.15) is 11.2 Å². The molecule has 4 nitrogen and oxygen atoms in total. The van der Waals surface area contributed by atoms with E-state index in [9.17, 15) is 0 Å². The van der Waals surface area contributed by atoms with Crippen molar-refractivity contribution >= 4 is 43.5 Å². The van der Waals surface area contributed by atoms with Crippen LogP contribution in [0.5, 0.6) is 0 Å². The number of nitrogens with zero attached hydrogens (tertiary/aromatic N) is 3. The Morgan fingerprint density at radius 2 is 0.807 bits per heavy atom. The van der Waals surface area contributed by atoms with Gasteiger partial charge in [-0.2, -0.15) is 0 Å². The Morgan fingerprint density at radius 3 is 1.56 bits per heavy atom. The molecule has 266 valence electrons. The van der Waals surface area contributed by atoms with Crippen LogP contribution in [-0.4, -0.2) is 15.0 Å². The van der Waals surface area contributed by atoms with E-state index >= 15 is 0 Å². The van der Waals surface area contributed by atoms with Crippen LogP contribution in [0.2, 0.25) is 0 Å². The van der Waals surface area contributed by atoms with E-state index in [1.165, 1.54) is 27.3 Å². The minimum Gasteiger partial charge on any atom is -0.456 e. The van der Waals surface area contributed by atoms with Gasteiger partial charge in [-0.3, -0.25) is 0 Å². The molecule has 0 aliphatic rings. The molecule has 0 atom stereocenters. The Kier molecular flexibility index (Phi) is 7.78. The fourth-order valence-corrected chi connectivity index (χ4v) is 8.26. The summed E-state index contributed by atoms with van der Waals surface area (Å²) in [6.07, 6.45) is 0. The highest BCUT2D eigenvalue weighted by Crippen LogP contribution is 2.40. The second-order valence-electron chi connectivity index (χ2n) is 14.3. The smallest absolute Gasteiger partial charge is 0.164 e. The van der Waals surface area contributed by atoms with Gasteiger partial charge in [-0.1, -0.05) is 170 Å². The highest BCUT2D eigenvalue weighted by molar-refractivity contribution is 6.12. The molecule has 0 aliphatic carbocycles. The van der Waals surface area contributed by atoms with Crippen LogP contribution in [0.15, 0.2) is 205 Å². The van der Waals surface area contributed by atoms with Crippen molar-refractivity contribution in [2.24, 2.45) is 0 Å². The van der Waals surface area contributed by atoms with Gasteiger partial charge in [0.05, 0.1) is 0 Å². The van der Waals surface area contributed by atoms with Gasteiger partial charge in [0.2, 0.25) is 0 Å². The first-order valence-electron chi connectivity index (χ1n) is 19.2. The van der Waals surface area contributed by atoms with E-state index in [0.29, 0.717) is 17.5 Å². The molecule has 57 heavy (non-hydrogen) atoms. The second kappa shape index (κ2) is 13.6. The van der Waals surface area contributed by atoms with Crippen molar-refractivity contribution < 1.29 is 4.42 Å². The van der Waals surface area contributed by atoms with Crippen LogP contribution in [0, 0.1) is 0 Å². The maximum atomic E-state index is 6.32. The van der Waals surface area contributed by atoms with Crippen LogP contribution in [0.25, 0.3) is 111 Å². The molecular formula is C53H33N3O. The van der Waals surface area contributed by atoms with Gasteiger partial charge in [0.15, 0.2) is 17.5 Å². The molecule has 4 heteroatoms. The van der Waals surface area contributed by atoms with Crippen LogP contribution in [-0.2, 0) is 0 Å². The summed E-state index contributed by atoms with van der Waals surface area (Å²) in [7, 11) is 0. The summed E-state index contributed by atoms with van der Waals surface area (Å²) in [5.74, 6) is 1.79. The number of hydrogen-bond donors (Lipinski definition) is 0. The summed E-state index contributed by atoms with van der Waals surface area (Å²) < 4.78 is 6.32. The first-order chi connectivity index (χ1) is 28.2. The van der Waals surface area contributed by atoms with E-state index < -0.39 is 0 Å². The summed E-state index contributed by atoms with van der Waals surface area (Å²) >= 11 is 0. The quantitative estimate of drug-likeness (QED) is 0.171.